The second kappa shape index (κ2) is 6.74. The minimum Gasteiger partial charge on any atom is -0.478 e. The summed E-state index contributed by atoms with van der Waals surface area (Å²) >= 11 is 0. The number of hydrogen-bond donors (Lipinski definition) is 2. The molecule has 0 aromatic heterocycles. The Labute approximate surface area is 140 Å². The minimum absolute atomic E-state index is 0.107. The molecule has 1 unspecified atom stereocenters. The summed E-state index contributed by atoms with van der Waals surface area (Å²) in [6.07, 6.45) is 1.94. The van der Waals surface area contributed by atoms with E-state index in [1.54, 1.807) is 29.2 Å². The lowest BCUT2D eigenvalue weighted by Crippen LogP contribution is -2.38. The van der Waals surface area contributed by atoms with E-state index < -0.39 is 5.97 Å². The van der Waals surface area contributed by atoms with E-state index in [1.807, 2.05) is 19.2 Å². The Bertz CT molecular complexity index is 755. The number of aromatic carboxylic acids is 1. The fourth-order valence-electron chi connectivity index (χ4n) is 3.15. The summed E-state index contributed by atoms with van der Waals surface area (Å²) in [5, 5.41) is 11.8. The monoisotopic (exact) mass is 324 g/mol. The lowest BCUT2D eigenvalue weighted by Gasteiger charge is -2.25. The summed E-state index contributed by atoms with van der Waals surface area (Å²) in [7, 11) is 1.82. The number of aryl methyl sites for hydroxylation is 1. The SMILES string of the molecule is CN(C(=O)NCc1ccc(C(=O)O)cc1)C1CCc2ccccc21. The largest absolute Gasteiger partial charge is 0.478 e. The van der Waals surface area contributed by atoms with Crippen LogP contribution in [0.2, 0.25) is 0 Å². The fraction of sp³-hybridized carbons (Fsp3) is 0.263. The van der Waals surface area contributed by atoms with Gasteiger partial charge in [0.05, 0.1) is 11.6 Å². The van der Waals surface area contributed by atoms with Crippen LogP contribution in [0.25, 0.3) is 0 Å². The molecule has 1 aliphatic rings. The molecular weight excluding hydrogens is 304 g/mol. The molecule has 0 saturated heterocycles. The molecule has 1 aliphatic carbocycles. The number of urea groups is 1. The molecule has 5 nitrogen and oxygen atoms in total. The maximum absolute atomic E-state index is 12.4. The van der Waals surface area contributed by atoms with Crippen LogP contribution in [0.1, 0.15) is 39.5 Å². The van der Waals surface area contributed by atoms with Gasteiger partial charge in [0, 0.05) is 13.6 Å². The Kier molecular flexibility index (Phi) is 4.51. The summed E-state index contributed by atoms with van der Waals surface area (Å²) in [6, 6.07) is 14.7. The molecule has 0 fully saturated rings. The zero-order valence-corrected chi connectivity index (χ0v) is 13.5. The van der Waals surface area contributed by atoms with Gasteiger partial charge in [-0.15, -0.1) is 0 Å². The molecule has 5 heteroatoms. The first-order valence-corrected chi connectivity index (χ1v) is 7.97. The van der Waals surface area contributed by atoms with Gasteiger partial charge in [-0.05, 0) is 41.7 Å². The third kappa shape index (κ3) is 3.25. The fourth-order valence-corrected chi connectivity index (χ4v) is 3.15. The van der Waals surface area contributed by atoms with Crippen LogP contribution in [0.4, 0.5) is 4.79 Å². The van der Waals surface area contributed by atoms with Gasteiger partial charge in [0.25, 0.3) is 0 Å². The molecule has 0 bridgehead atoms. The van der Waals surface area contributed by atoms with Gasteiger partial charge in [0.15, 0.2) is 0 Å². The van der Waals surface area contributed by atoms with Gasteiger partial charge in [-0.2, -0.15) is 0 Å². The van der Waals surface area contributed by atoms with Gasteiger partial charge in [-0.1, -0.05) is 36.4 Å². The highest BCUT2D eigenvalue weighted by molar-refractivity contribution is 5.87. The molecular formula is C19H20N2O3. The highest BCUT2D eigenvalue weighted by Crippen LogP contribution is 2.34. The van der Waals surface area contributed by atoms with Crippen LogP contribution in [0, 0.1) is 0 Å². The van der Waals surface area contributed by atoms with Crippen molar-refractivity contribution in [3.8, 4) is 0 Å². The van der Waals surface area contributed by atoms with Crippen molar-refractivity contribution < 1.29 is 14.7 Å². The average molecular weight is 324 g/mol. The average Bonchev–Trinajstić information content (AvgIpc) is 3.03. The molecule has 3 rings (SSSR count). The normalized spacial score (nSPS) is 15.6. The lowest BCUT2D eigenvalue weighted by atomic mass is 10.1. The van der Waals surface area contributed by atoms with E-state index in [9.17, 15) is 9.59 Å². The van der Waals surface area contributed by atoms with Crippen LogP contribution in [0.3, 0.4) is 0 Å². The number of hydrogen-bond acceptors (Lipinski definition) is 2. The maximum atomic E-state index is 12.4. The Morgan fingerprint density at radius 3 is 2.58 bits per heavy atom. The van der Waals surface area contributed by atoms with Crippen molar-refractivity contribution in [1.82, 2.24) is 10.2 Å². The number of carbonyl (C=O) groups excluding carboxylic acids is 1. The lowest BCUT2D eigenvalue weighted by molar-refractivity contribution is 0.0697. The van der Waals surface area contributed by atoms with Crippen molar-refractivity contribution in [2.45, 2.75) is 25.4 Å². The molecule has 0 saturated carbocycles. The van der Waals surface area contributed by atoms with Crippen LogP contribution >= 0.6 is 0 Å². The maximum Gasteiger partial charge on any atom is 0.335 e. The van der Waals surface area contributed by atoms with Crippen LogP contribution in [0.5, 0.6) is 0 Å². The Hall–Kier alpha value is -2.82. The van der Waals surface area contributed by atoms with E-state index >= 15 is 0 Å². The van der Waals surface area contributed by atoms with Gasteiger partial charge in [-0.3, -0.25) is 0 Å². The van der Waals surface area contributed by atoms with Crippen molar-refractivity contribution >= 4 is 12.0 Å². The van der Waals surface area contributed by atoms with E-state index in [4.69, 9.17) is 5.11 Å². The Morgan fingerprint density at radius 1 is 1.17 bits per heavy atom. The standard InChI is InChI=1S/C19H20N2O3/c1-21(17-11-10-14-4-2-3-5-16(14)17)19(24)20-12-13-6-8-15(9-7-13)18(22)23/h2-9,17H,10-12H2,1H3,(H,20,24)(H,22,23). The topological polar surface area (TPSA) is 69.6 Å². The molecule has 0 heterocycles. The van der Waals surface area contributed by atoms with E-state index in [1.165, 1.54) is 11.1 Å². The molecule has 124 valence electrons. The zero-order valence-electron chi connectivity index (χ0n) is 13.5. The molecule has 0 radical (unpaired) electrons. The predicted octanol–water partition coefficient (Wildman–Crippen LogP) is 3.21. The third-order valence-electron chi connectivity index (χ3n) is 4.53. The first kappa shape index (κ1) is 16.1. The van der Waals surface area contributed by atoms with Gasteiger partial charge in [0.1, 0.15) is 0 Å². The summed E-state index contributed by atoms with van der Waals surface area (Å²) in [6.45, 7) is 0.372. The number of carboxylic acid groups (broad SMARTS) is 1. The first-order valence-electron chi connectivity index (χ1n) is 7.97. The second-order valence-corrected chi connectivity index (χ2v) is 6.02. The number of benzene rings is 2. The number of amides is 2. The summed E-state index contributed by atoms with van der Waals surface area (Å²) in [5.74, 6) is -0.954. The molecule has 0 spiro atoms. The number of rotatable bonds is 4. The van der Waals surface area contributed by atoms with Crippen LogP contribution in [-0.4, -0.2) is 29.1 Å². The molecule has 2 amide bonds. The summed E-state index contributed by atoms with van der Waals surface area (Å²) in [5.41, 5.74) is 3.64. The number of carbonyl (C=O) groups is 2. The molecule has 2 aromatic rings. The van der Waals surface area contributed by atoms with Crippen molar-refractivity contribution in [3.63, 3.8) is 0 Å². The third-order valence-corrected chi connectivity index (χ3v) is 4.53. The van der Waals surface area contributed by atoms with Gasteiger partial charge in [0.2, 0.25) is 0 Å². The first-order chi connectivity index (χ1) is 11.6. The zero-order chi connectivity index (χ0) is 17.1. The number of carboxylic acids is 1. The highest BCUT2D eigenvalue weighted by Gasteiger charge is 2.28. The van der Waals surface area contributed by atoms with Gasteiger partial charge in [-0.25, -0.2) is 9.59 Å². The smallest absolute Gasteiger partial charge is 0.335 e. The molecule has 2 N–H and O–H groups in total. The predicted molar refractivity (Wildman–Crippen MR) is 90.9 cm³/mol. The number of nitrogens with one attached hydrogen (secondary N) is 1. The molecule has 1 atom stereocenters. The van der Waals surface area contributed by atoms with Crippen molar-refractivity contribution in [2.75, 3.05) is 7.05 Å². The quantitative estimate of drug-likeness (QED) is 0.907. The van der Waals surface area contributed by atoms with Crippen molar-refractivity contribution in [1.29, 1.82) is 0 Å². The number of fused-ring (bicyclic) bond motifs is 1. The molecule has 24 heavy (non-hydrogen) atoms. The van der Waals surface area contributed by atoms with E-state index in [0.717, 1.165) is 18.4 Å². The summed E-state index contributed by atoms with van der Waals surface area (Å²) < 4.78 is 0. The van der Waals surface area contributed by atoms with Crippen molar-refractivity contribution in [2.24, 2.45) is 0 Å². The van der Waals surface area contributed by atoms with Crippen molar-refractivity contribution in [3.05, 3.63) is 70.8 Å². The number of nitrogens with zero attached hydrogens (tertiary/aromatic N) is 1. The van der Waals surface area contributed by atoms with Gasteiger partial charge < -0.3 is 15.3 Å². The van der Waals surface area contributed by atoms with Crippen LogP contribution in [-0.2, 0) is 13.0 Å². The minimum atomic E-state index is -0.954. The summed E-state index contributed by atoms with van der Waals surface area (Å²) in [4.78, 5) is 25.0. The Balaban J connectivity index is 1.60. The Morgan fingerprint density at radius 2 is 1.88 bits per heavy atom. The highest BCUT2D eigenvalue weighted by atomic mass is 16.4. The van der Waals surface area contributed by atoms with E-state index in [2.05, 4.69) is 17.4 Å². The van der Waals surface area contributed by atoms with Crippen LogP contribution in [0.15, 0.2) is 48.5 Å². The van der Waals surface area contributed by atoms with Crippen LogP contribution < -0.4 is 5.32 Å². The molecule has 2 aromatic carbocycles. The van der Waals surface area contributed by atoms with E-state index in [-0.39, 0.29) is 17.6 Å². The molecule has 0 aliphatic heterocycles. The van der Waals surface area contributed by atoms with Gasteiger partial charge >= 0.3 is 12.0 Å². The van der Waals surface area contributed by atoms with E-state index in [0.29, 0.717) is 6.54 Å². The second-order valence-electron chi connectivity index (χ2n) is 6.02.